The first-order valence-corrected chi connectivity index (χ1v) is 8.80. The van der Waals surface area contributed by atoms with Gasteiger partial charge in [-0.25, -0.2) is 0 Å². The lowest BCUT2D eigenvalue weighted by Gasteiger charge is -2.22. The molecule has 0 unspecified atom stereocenters. The van der Waals surface area contributed by atoms with Crippen LogP contribution in [0.5, 0.6) is 11.5 Å². The van der Waals surface area contributed by atoms with E-state index in [4.69, 9.17) is 9.47 Å². The number of aromatic nitrogens is 1. The Morgan fingerprint density at radius 3 is 2.65 bits per heavy atom. The van der Waals surface area contributed by atoms with Crippen molar-refractivity contribution in [2.45, 2.75) is 12.8 Å². The monoisotopic (exact) mass is 355 g/mol. The summed E-state index contributed by atoms with van der Waals surface area (Å²) in [7, 11) is 0. The second kappa shape index (κ2) is 7.11. The van der Waals surface area contributed by atoms with Gasteiger partial charge in [-0.15, -0.1) is 0 Å². The number of nitrogens with one attached hydrogen (secondary N) is 1. The molecule has 0 spiro atoms. The van der Waals surface area contributed by atoms with E-state index in [-0.39, 0.29) is 18.6 Å². The highest BCUT2D eigenvalue weighted by Gasteiger charge is 2.24. The Morgan fingerprint density at radius 2 is 1.81 bits per heavy atom. The van der Waals surface area contributed by atoms with Gasteiger partial charge in [-0.2, -0.15) is 0 Å². The zero-order valence-electron chi connectivity index (χ0n) is 14.4. The number of ether oxygens (including phenoxy) is 2. The van der Waals surface area contributed by atoms with E-state index in [2.05, 4.69) is 4.98 Å². The number of amides is 2. The highest BCUT2D eigenvalue weighted by Crippen LogP contribution is 2.32. The quantitative estimate of drug-likeness (QED) is 0.909. The molecule has 1 aromatic carbocycles. The number of H-pyrrole nitrogens is 1. The maximum absolute atomic E-state index is 12.8. The first-order valence-electron chi connectivity index (χ1n) is 8.80. The standard InChI is InChI=1S/C19H21N3O4/c23-18(12-15-3-1-6-20-15)21-7-2-8-22(10-9-21)19(24)14-4-5-16-17(11-14)26-13-25-16/h1,3-6,11,20H,2,7-10,12-13H2. The third-order valence-corrected chi connectivity index (χ3v) is 4.76. The number of hydrogen-bond acceptors (Lipinski definition) is 4. The van der Waals surface area contributed by atoms with Crippen molar-refractivity contribution in [3.8, 4) is 11.5 Å². The summed E-state index contributed by atoms with van der Waals surface area (Å²) in [6.45, 7) is 2.58. The van der Waals surface area contributed by atoms with Crippen LogP contribution in [0.3, 0.4) is 0 Å². The van der Waals surface area contributed by atoms with Crippen LogP contribution in [-0.4, -0.2) is 59.6 Å². The highest BCUT2D eigenvalue weighted by molar-refractivity contribution is 5.95. The minimum absolute atomic E-state index is 0.0398. The smallest absolute Gasteiger partial charge is 0.254 e. The van der Waals surface area contributed by atoms with E-state index in [9.17, 15) is 9.59 Å². The molecule has 1 fully saturated rings. The van der Waals surface area contributed by atoms with Crippen molar-refractivity contribution in [1.82, 2.24) is 14.8 Å². The molecule has 0 bridgehead atoms. The Bertz CT molecular complexity index is 803. The zero-order valence-corrected chi connectivity index (χ0v) is 14.4. The normalized spacial score (nSPS) is 16.5. The van der Waals surface area contributed by atoms with Crippen molar-refractivity contribution in [2.75, 3.05) is 33.0 Å². The Hall–Kier alpha value is -2.96. The average Bonchev–Trinajstić information content (AvgIpc) is 3.27. The minimum atomic E-state index is -0.0398. The maximum Gasteiger partial charge on any atom is 0.254 e. The SMILES string of the molecule is O=C(Cc1ccc[nH]1)N1CCCN(C(=O)c2ccc3c(c2)OCO3)CC1. The number of aromatic amines is 1. The molecule has 3 heterocycles. The topological polar surface area (TPSA) is 74.9 Å². The molecule has 26 heavy (non-hydrogen) atoms. The fourth-order valence-corrected chi connectivity index (χ4v) is 3.33. The summed E-state index contributed by atoms with van der Waals surface area (Å²) in [5.74, 6) is 1.32. The summed E-state index contributed by atoms with van der Waals surface area (Å²) < 4.78 is 10.6. The van der Waals surface area contributed by atoms with Crippen LogP contribution in [0.1, 0.15) is 22.5 Å². The van der Waals surface area contributed by atoms with Crippen molar-refractivity contribution < 1.29 is 19.1 Å². The molecule has 0 aliphatic carbocycles. The molecule has 4 rings (SSSR count). The molecule has 0 atom stereocenters. The van der Waals surface area contributed by atoms with Crippen LogP contribution in [-0.2, 0) is 11.2 Å². The number of benzene rings is 1. The number of hydrogen-bond donors (Lipinski definition) is 1. The van der Waals surface area contributed by atoms with Crippen molar-refractivity contribution in [3.05, 3.63) is 47.8 Å². The highest BCUT2D eigenvalue weighted by atomic mass is 16.7. The van der Waals surface area contributed by atoms with Gasteiger partial charge in [0.2, 0.25) is 12.7 Å². The van der Waals surface area contributed by atoms with Crippen LogP contribution in [0.25, 0.3) is 0 Å². The summed E-state index contributed by atoms with van der Waals surface area (Å²) in [4.78, 5) is 32.0. The molecule has 1 saturated heterocycles. The number of carbonyl (C=O) groups is 2. The van der Waals surface area contributed by atoms with Crippen molar-refractivity contribution in [2.24, 2.45) is 0 Å². The number of nitrogens with zero attached hydrogens (tertiary/aromatic N) is 2. The van der Waals surface area contributed by atoms with Gasteiger partial charge in [0.1, 0.15) is 0 Å². The van der Waals surface area contributed by atoms with Gasteiger partial charge in [-0.05, 0) is 36.8 Å². The zero-order chi connectivity index (χ0) is 17.9. The van der Waals surface area contributed by atoms with Gasteiger partial charge in [-0.1, -0.05) is 0 Å². The summed E-state index contributed by atoms with van der Waals surface area (Å²) in [6.07, 6.45) is 2.95. The first-order chi connectivity index (χ1) is 12.7. The molecule has 2 aliphatic rings. The second-order valence-electron chi connectivity index (χ2n) is 6.47. The molecule has 0 saturated carbocycles. The lowest BCUT2D eigenvalue weighted by molar-refractivity contribution is -0.130. The van der Waals surface area contributed by atoms with Gasteiger partial charge in [-0.3, -0.25) is 9.59 Å². The van der Waals surface area contributed by atoms with Gasteiger partial charge in [0.15, 0.2) is 11.5 Å². The van der Waals surface area contributed by atoms with Gasteiger partial charge in [0.05, 0.1) is 6.42 Å². The molecule has 2 aromatic rings. The van der Waals surface area contributed by atoms with E-state index in [1.807, 2.05) is 23.2 Å². The predicted octanol–water partition coefficient (Wildman–Crippen LogP) is 1.66. The molecule has 2 aliphatic heterocycles. The van der Waals surface area contributed by atoms with Crippen LogP contribution in [0.15, 0.2) is 36.5 Å². The minimum Gasteiger partial charge on any atom is -0.454 e. The number of rotatable bonds is 3. The molecule has 1 aromatic heterocycles. The fourth-order valence-electron chi connectivity index (χ4n) is 3.33. The fraction of sp³-hybridized carbons (Fsp3) is 0.368. The molecule has 2 amide bonds. The summed E-state index contributed by atoms with van der Waals surface area (Å²) >= 11 is 0. The van der Waals surface area contributed by atoms with Crippen LogP contribution >= 0.6 is 0 Å². The van der Waals surface area contributed by atoms with Crippen LogP contribution in [0, 0.1) is 0 Å². The molecular formula is C19H21N3O4. The predicted molar refractivity (Wildman–Crippen MR) is 94.2 cm³/mol. The molecule has 7 nitrogen and oxygen atoms in total. The first kappa shape index (κ1) is 16.5. The molecule has 1 N–H and O–H groups in total. The second-order valence-corrected chi connectivity index (χ2v) is 6.47. The Balaban J connectivity index is 1.38. The van der Waals surface area contributed by atoms with Crippen LogP contribution < -0.4 is 9.47 Å². The van der Waals surface area contributed by atoms with Gasteiger partial charge in [0, 0.05) is 43.6 Å². The van der Waals surface area contributed by atoms with E-state index < -0.39 is 0 Å². The van der Waals surface area contributed by atoms with Crippen molar-refractivity contribution in [3.63, 3.8) is 0 Å². The molecule has 136 valence electrons. The van der Waals surface area contributed by atoms with Gasteiger partial charge < -0.3 is 24.3 Å². The summed E-state index contributed by atoms with van der Waals surface area (Å²) in [5.41, 5.74) is 1.49. The summed E-state index contributed by atoms with van der Waals surface area (Å²) in [6, 6.07) is 9.04. The average molecular weight is 355 g/mol. The largest absolute Gasteiger partial charge is 0.454 e. The van der Waals surface area contributed by atoms with E-state index in [1.54, 1.807) is 23.1 Å². The lowest BCUT2D eigenvalue weighted by Crippen LogP contribution is -2.38. The summed E-state index contributed by atoms with van der Waals surface area (Å²) in [5, 5.41) is 0. The van der Waals surface area contributed by atoms with Crippen LogP contribution in [0.4, 0.5) is 0 Å². The van der Waals surface area contributed by atoms with Gasteiger partial charge in [0.25, 0.3) is 5.91 Å². The molecule has 0 radical (unpaired) electrons. The lowest BCUT2D eigenvalue weighted by atomic mass is 10.1. The molecule has 7 heteroatoms. The maximum atomic E-state index is 12.8. The Labute approximate surface area is 151 Å². The van der Waals surface area contributed by atoms with Gasteiger partial charge >= 0.3 is 0 Å². The third kappa shape index (κ3) is 3.37. The van der Waals surface area contributed by atoms with E-state index in [0.717, 1.165) is 12.1 Å². The molecular weight excluding hydrogens is 334 g/mol. The van der Waals surface area contributed by atoms with Crippen molar-refractivity contribution >= 4 is 11.8 Å². The van der Waals surface area contributed by atoms with E-state index in [0.29, 0.717) is 49.7 Å². The van der Waals surface area contributed by atoms with E-state index >= 15 is 0 Å². The van der Waals surface area contributed by atoms with Crippen LogP contribution in [0.2, 0.25) is 0 Å². The van der Waals surface area contributed by atoms with E-state index in [1.165, 1.54) is 0 Å². The Kier molecular flexibility index (Phi) is 4.51. The number of fused-ring (bicyclic) bond motifs is 1. The Morgan fingerprint density at radius 1 is 1.00 bits per heavy atom. The third-order valence-electron chi connectivity index (χ3n) is 4.76. The number of carbonyl (C=O) groups excluding carboxylic acids is 2. The van der Waals surface area contributed by atoms with Crippen molar-refractivity contribution in [1.29, 1.82) is 0 Å².